The highest BCUT2D eigenvalue weighted by atomic mass is 35.5. The summed E-state index contributed by atoms with van der Waals surface area (Å²) in [7, 11) is 0. The fourth-order valence-electron chi connectivity index (χ4n) is 4.58. The maximum atomic E-state index is 14.0. The third-order valence-electron chi connectivity index (χ3n) is 6.29. The van der Waals surface area contributed by atoms with E-state index in [4.69, 9.17) is 4.74 Å². The molecular formula is C23H31ClFN5O2. The Balaban J connectivity index is 0.00000289. The lowest BCUT2D eigenvalue weighted by molar-refractivity contribution is 0.0713. The zero-order valence-electron chi connectivity index (χ0n) is 18.8. The van der Waals surface area contributed by atoms with Gasteiger partial charge in [-0.05, 0) is 64.9 Å². The van der Waals surface area contributed by atoms with Crippen LogP contribution in [0, 0.1) is 11.2 Å². The summed E-state index contributed by atoms with van der Waals surface area (Å²) in [6.07, 6.45) is 5.42. The Morgan fingerprint density at radius 3 is 2.66 bits per heavy atom. The third-order valence-corrected chi connectivity index (χ3v) is 6.29. The summed E-state index contributed by atoms with van der Waals surface area (Å²) in [5, 5.41) is 3.41. The first-order chi connectivity index (χ1) is 14.9. The van der Waals surface area contributed by atoms with Crippen LogP contribution in [0.15, 0.2) is 30.7 Å². The lowest BCUT2D eigenvalue weighted by Gasteiger charge is -2.53. The lowest BCUT2D eigenvalue weighted by atomic mass is 9.72. The van der Waals surface area contributed by atoms with Gasteiger partial charge in [0.2, 0.25) is 0 Å². The number of nitrogens with zero attached hydrogens (tertiary/aromatic N) is 4. The van der Waals surface area contributed by atoms with Crippen molar-refractivity contribution in [1.29, 1.82) is 0 Å². The molecular weight excluding hydrogens is 433 g/mol. The number of aromatic nitrogens is 2. The van der Waals surface area contributed by atoms with E-state index in [1.54, 1.807) is 11.1 Å². The normalized spacial score (nSPS) is 17.0. The Labute approximate surface area is 194 Å². The van der Waals surface area contributed by atoms with Crippen molar-refractivity contribution in [3.05, 3.63) is 42.1 Å². The minimum Gasteiger partial charge on any atom is -0.451 e. The quantitative estimate of drug-likeness (QED) is 0.700. The second-order valence-electron chi connectivity index (χ2n) is 8.74. The second kappa shape index (κ2) is 10.0. The van der Waals surface area contributed by atoms with Crippen molar-refractivity contribution >= 4 is 24.1 Å². The first-order valence-electron chi connectivity index (χ1n) is 11.0. The van der Waals surface area contributed by atoms with E-state index in [0.29, 0.717) is 29.3 Å². The fourth-order valence-corrected chi connectivity index (χ4v) is 4.58. The zero-order valence-corrected chi connectivity index (χ0v) is 19.6. The Bertz CT molecular complexity index is 944. The van der Waals surface area contributed by atoms with Crippen LogP contribution in [-0.4, -0.2) is 59.5 Å². The van der Waals surface area contributed by atoms with E-state index in [-0.39, 0.29) is 29.9 Å². The molecule has 4 rings (SSSR count). The minimum atomic E-state index is -0.476. The number of carbonyl (C=O) groups is 1. The van der Waals surface area contributed by atoms with Gasteiger partial charge in [0.05, 0.1) is 11.8 Å². The van der Waals surface area contributed by atoms with Crippen LogP contribution in [-0.2, 0) is 0 Å². The Hall–Kier alpha value is -2.45. The van der Waals surface area contributed by atoms with Crippen LogP contribution in [0.4, 0.5) is 10.2 Å². The molecule has 1 aromatic heterocycles. The lowest BCUT2D eigenvalue weighted by Crippen LogP contribution is -2.60. The molecule has 0 bridgehead atoms. The van der Waals surface area contributed by atoms with Crippen LogP contribution < -0.4 is 15.0 Å². The summed E-state index contributed by atoms with van der Waals surface area (Å²) in [5.74, 6) is 0.745. The van der Waals surface area contributed by atoms with Crippen LogP contribution in [0.3, 0.4) is 0 Å². The Morgan fingerprint density at radius 1 is 1.28 bits per heavy atom. The molecule has 2 aliphatic rings. The molecule has 0 saturated carbocycles. The number of carbonyl (C=O) groups excluding carboxylic acids is 1. The highest BCUT2D eigenvalue weighted by Gasteiger charge is 2.44. The molecule has 0 atom stereocenters. The van der Waals surface area contributed by atoms with E-state index < -0.39 is 5.82 Å². The molecule has 1 amide bonds. The van der Waals surface area contributed by atoms with Crippen molar-refractivity contribution in [3.63, 3.8) is 0 Å². The smallest absolute Gasteiger partial charge is 0.257 e. The summed E-state index contributed by atoms with van der Waals surface area (Å²) < 4.78 is 20.2. The van der Waals surface area contributed by atoms with E-state index in [1.165, 1.54) is 24.5 Å². The standard InChI is InChI=1S/C23H30FN5O2.ClH/c1-4-29(16(2)3)22(30)18-11-17(24)5-6-19(18)31-20-12-26-15-27-21(20)28-13-23(14-28)7-9-25-10-8-23;/h5-6,11-12,15-16,25H,4,7-10,13-14H2,1-3H3;1H. The molecule has 2 aliphatic heterocycles. The van der Waals surface area contributed by atoms with E-state index in [9.17, 15) is 9.18 Å². The van der Waals surface area contributed by atoms with Gasteiger partial charge in [-0.2, -0.15) is 0 Å². The van der Waals surface area contributed by atoms with Crippen LogP contribution >= 0.6 is 12.4 Å². The van der Waals surface area contributed by atoms with Crippen molar-refractivity contribution in [2.24, 2.45) is 5.41 Å². The predicted molar refractivity (Wildman–Crippen MR) is 124 cm³/mol. The number of ether oxygens (including phenoxy) is 1. The summed E-state index contributed by atoms with van der Waals surface area (Å²) in [5.41, 5.74) is 0.535. The van der Waals surface area contributed by atoms with Crippen molar-refractivity contribution in [2.75, 3.05) is 37.6 Å². The molecule has 9 heteroatoms. The minimum absolute atomic E-state index is 0. The number of piperidine rings is 1. The molecule has 0 aliphatic carbocycles. The van der Waals surface area contributed by atoms with Gasteiger partial charge in [-0.1, -0.05) is 0 Å². The average molecular weight is 464 g/mol. The number of amides is 1. The van der Waals surface area contributed by atoms with E-state index in [2.05, 4.69) is 20.2 Å². The number of benzene rings is 1. The number of rotatable bonds is 6. The van der Waals surface area contributed by atoms with Gasteiger partial charge >= 0.3 is 0 Å². The third kappa shape index (κ3) is 4.81. The van der Waals surface area contributed by atoms with Crippen LogP contribution in [0.1, 0.15) is 44.0 Å². The molecule has 1 spiro atoms. The molecule has 2 fully saturated rings. The predicted octanol–water partition coefficient (Wildman–Crippen LogP) is 3.89. The maximum Gasteiger partial charge on any atom is 0.257 e. The molecule has 3 heterocycles. The summed E-state index contributed by atoms with van der Waals surface area (Å²) in [6, 6.07) is 4.03. The molecule has 0 radical (unpaired) electrons. The van der Waals surface area contributed by atoms with Gasteiger partial charge in [-0.15, -0.1) is 12.4 Å². The number of anilines is 1. The molecule has 32 heavy (non-hydrogen) atoms. The number of halogens is 2. The van der Waals surface area contributed by atoms with Crippen molar-refractivity contribution < 1.29 is 13.9 Å². The monoisotopic (exact) mass is 463 g/mol. The highest BCUT2D eigenvalue weighted by Crippen LogP contribution is 2.43. The van der Waals surface area contributed by atoms with Gasteiger partial charge < -0.3 is 19.9 Å². The Kier molecular flexibility index (Phi) is 7.56. The topological polar surface area (TPSA) is 70.6 Å². The molecule has 2 aromatic rings. The first-order valence-corrected chi connectivity index (χ1v) is 11.0. The van der Waals surface area contributed by atoms with Gasteiger partial charge in [0.1, 0.15) is 17.9 Å². The fraction of sp³-hybridized carbons (Fsp3) is 0.522. The van der Waals surface area contributed by atoms with Gasteiger partial charge in [-0.25, -0.2) is 14.4 Å². The molecule has 2 saturated heterocycles. The Morgan fingerprint density at radius 2 is 2.00 bits per heavy atom. The first kappa shape index (κ1) is 24.2. The average Bonchev–Trinajstić information content (AvgIpc) is 2.74. The van der Waals surface area contributed by atoms with Crippen molar-refractivity contribution in [3.8, 4) is 11.5 Å². The number of nitrogens with one attached hydrogen (secondary N) is 1. The van der Waals surface area contributed by atoms with Crippen molar-refractivity contribution in [2.45, 2.75) is 39.7 Å². The summed E-state index contributed by atoms with van der Waals surface area (Å²) >= 11 is 0. The van der Waals surface area contributed by atoms with E-state index in [0.717, 1.165) is 39.0 Å². The molecule has 1 aromatic carbocycles. The molecule has 0 unspecified atom stereocenters. The molecule has 7 nitrogen and oxygen atoms in total. The number of hydrogen-bond acceptors (Lipinski definition) is 6. The highest BCUT2D eigenvalue weighted by molar-refractivity contribution is 5.97. The van der Waals surface area contributed by atoms with Gasteiger partial charge in [0, 0.05) is 31.1 Å². The summed E-state index contributed by atoms with van der Waals surface area (Å²) in [4.78, 5) is 25.5. The van der Waals surface area contributed by atoms with Gasteiger partial charge in [-0.3, -0.25) is 4.79 Å². The maximum absolute atomic E-state index is 14.0. The van der Waals surface area contributed by atoms with Crippen LogP contribution in [0.5, 0.6) is 11.5 Å². The van der Waals surface area contributed by atoms with Crippen LogP contribution in [0.2, 0.25) is 0 Å². The van der Waals surface area contributed by atoms with E-state index in [1.807, 2.05) is 20.8 Å². The van der Waals surface area contributed by atoms with Gasteiger partial charge in [0.25, 0.3) is 5.91 Å². The second-order valence-corrected chi connectivity index (χ2v) is 8.74. The number of hydrogen-bond donors (Lipinski definition) is 1. The summed E-state index contributed by atoms with van der Waals surface area (Å²) in [6.45, 7) is 10.2. The molecule has 1 N–H and O–H groups in total. The van der Waals surface area contributed by atoms with Gasteiger partial charge in [0.15, 0.2) is 11.6 Å². The molecule has 174 valence electrons. The van der Waals surface area contributed by atoms with E-state index >= 15 is 0 Å². The van der Waals surface area contributed by atoms with Crippen LogP contribution in [0.25, 0.3) is 0 Å². The zero-order chi connectivity index (χ0) is 22.0. The van der Waals surface area contributed by atoms with Crippen molar-refractivity contribution in [1.82, 2.24) is 20.2 Å². The SMILES string of the molecule is CCN(C(=O)c1cc(F)ccc1Oc1cncnc1N1CC2(CCNCC2)C1)C(C)C.Cl. The largest absolute Gasteiger partial charge is 0.451 e.